The van der Waals surface area contributed by atoms with Crippen LogP contribution in [0.25, 0.3) is 10.9 Å². The van der Waals surface area contributed by atoms with E-state index in [2.05, 4.69) is 20.6 Å². The second kappa shape index (κ2) is 7.71. The molecule has 0 aliphatic carbocycles. The first kappa shape index (κ1) is 18.8. The molecule has 142 valence electrons. The minimum absolute atomic E-state index is 0.119. The minimum Gasteiger partial charge on any atom is -0.395 e. The Balaban J connectivity index is 1.87. The second-order valence-corrected chi connectivity index (χ2v) is 6.57. The van der Waals surface area contributed by atoms with Crippen molar-refractivity contribution in [1.82, 2.24) is 24.9 Å². The number of carbonyl (C=O) groups excluding carboxylic acids is 1. The standard InChI is InChI=1S/C19H24N6O2/c1-12-10-15-17(6-5-7-18(15)22-21-12)20-19(27)25(8-9-26)11-16-13(2)23-24(4)14(16)3/h5-7,10,26H,8-9,11H2,1-4H3,(H,20,27). The summed E-state index contributed by atoms with van der Waals surface area (Å²) < 4.78 is 1.80. The SMILES string of the molecule is Cc1cc2c(NC(=O)N(CCO)Cc3c(C)nn(C)c3C)cccc2nn1. The number of nitrogens with one attached hydrogen (secondary N) is 1. The van der Waals surface area contributed by atoms with Crippen LogP contribution < -0.4 is 5.32 Å². The van der Waals surface area contributed by atoms with Gasteiger partial charge in [-0.15, -0.1) is 0 Å². The summed E-state index contributed by atoms with van der Waals surface area (Å²) in [5.74, 6) is 0. The first-order valence-electron chi connectivity index (χ1n) is 8.79. The van der Waals surface area contributed by atoms with Gasteiger partial charge in [0, 0.05) is 30.2 Å². The Kier molecular flexibility index (Phi) is 5.36. The molecule has 2 heterocycles. The predicted molar refractivity (Wildman–Crippen MR) is 103 cm³/mol. The number of amides is 2. The molecular formula is C19H24N6O2. The lowest BCUT2D eigenvalue weighted by Gasteiger charge is -2.23. The van der Waals surface area contributed by atoms with Crippen molar-refractivity contribution in [1.29, 1.82) is 0 Å². The summed E-state index contributed by atoms with van der Waals surface area (Å²) in [6.07, 6.45) is 0. The summed E-state index contributed by atoms with van der Waals surface area (Å²) in [7, 11) is 1.88. The Labute approximate surface area is 157 Å². The number of nitrogens with zero attached hydrogens (tertiary/aromatic N) is 5. The van der Waals surface area contributed by atoms with Crippen LogP contribution in [0.4, 0.5) is 10.5 Å². The lowest BCUT2D eigenvalue weighted by molar-refractivity contribution is 0.185. The van der Waals surface area contributed by atoms with Gasteiger partial charge in [0.05, 0.1) is 35.7 Å². The van der Waals surface area contributed by atoms with Crippen LogP contribution in [0.3, 0.4) is 0 Å². The predicted octanol–water partition coefficient (Wildman–Crippen LogP) is 2.31. The Morgan fingerprint density at radius 1 is 1.26 bits per heavy atom. The maximum absolute atomic E-state index is 12.9. The molecule has 3 rings (SSSR count). The van der Waals surface area contributed by atoms with Crippen LogP contribution in [0.1, 0.15) is 22.6 Å². The van der Waals surface area contributed by atoms with Gasteiger partial charge in [0.15, 0.2) is 0 Å². The summed E-state index contributed by atoms with van der Waals surface area (Å²) in [4.78, 5) is 14.5. The Morgan fingerprint density at radius 2 is 2.04 bits per heavy atom. The number of benzene rings is 1. The van der Waals surface area contributed by atoms with Crippen LogP contribution in [-0.2, 0) is 13.6 Å². The van der Waals surface area contributed by atoms with Gasteiger partial charge in [-0.3, -0.25) is 4.68 Å². The fraction of sp³-hybridized carbons (Fsp3) is 0.368. The Hall–Kier alpha value is -3.00. The highest BCUT2D eigenvalue weighted by molar-refractivity contribution is 6.00. The molecule has 8 nitrogen and oxygen atoms in total. The van der Waals surface area contributed by atoms with E-state index < -0.39 is 0 Å². The average Bonchev–Trinajstić information content (AvgIpc) is 2.87. The quantitative estimate of drug-likeness (QED) is 0.720. The molecule has 0 saturated heterocycles. The van der Waals surface area contributed by atoms with Crippen LogP contribution in [0.2, 0.25) is 0 Å². The zero-order valence-electron chi connectivity index (χ0n) is 16.0. The molecule has 8 heteroatoms. The topological polar surface area (TPSA) is 96.2 Å². The van der Waals surface area contributed by atoms with E-state index in [0.29, 0.717) is 17.7 Å². The van der Waals surface area contributed by atoms with Crippen LogP contribution in [0.5, 0.6) is 0 Å². The van der Waals surface area contributed by atoms with Crippen molar-refractivity contribution in [2.45, 2.75) is 27.3 Å². The molecule has 1 aromatic carbocycles. The molecule has 0 saturated carbocycles. The van der Waals surface area contributed by atoms with Crippen molar-refractivity contribution >= 4 is 22.6 Å². The van der Waals surface area contributed by atoms with E-state index in [1.165, 1.54) is 0 Å². The largest absolute Gasteiger partial charge is 0.395 e. The van der Waals surface area contributed by atoms with Crippen molar-refractivity contribution in [2.75, 3.05) is 18.5 Å². The van der Waals surface area contributed by atoms with E-state index in [-0.39, 0.29) is 19.2 Å². The van der Waals surface area contributed by atoms with Gasteiger partial charge in [-0.2, -0.15) is 15.3 Å². The Bertz CT molecular complexity index is 982. The molecule has 0 bridgehead atoms. The molecule has 0 spiro atoms. The molecule has 0 radical (unpaired) electrons. The summed E-state index contributed by atoms with van der Waals surface area (Å²) in [5.41, 5.74) is 5.02. The van der Waals surface area contributed by atoms with Gasteiger partial charge in [-0.05, 0) is 39.0 Å². The van der Waals surface area contributed by atoms with Gasteiger partial charge < -0.3 is 15.3 Å². The highest BCUT2D eigenvalue weighted by atomic mass is 16.3. The second-order valence-electron chi connectivity index (χ2n) is 6.57. The number of aliphatic hydroxyl groups is 1. The van der Waals surface area contributed by atoms with Crippen LogP contribution in [0, 0.1) is 20.8 Å². The lowest BCUT2D eigenvalue weighted by atomic mass is 10.1. The normalized spacial score (nSPS) is 11.0. The van der Waals surface area contributed by atoms with Crippen LogP contribution in [-0.4, -0.2) is 49.2 Å². The molecule has 0 unspecified atom stereocenters. The number of urea groups is 1. The molecule has 0 fully saturated rings. The number of hydrogen-bond acceptors (Lipinski definition) is 5. The fourth-order valence-electron chi connectivity index (χ4n) is 3.08. The summed E-state index contributed by atoms with van der Waals surface area (Å²) in [6.45, 7) is 6.23. The molecule has 0 aliphatic heterocycles. The zero-order chi connectivity index (χ0) is 19.6. The third kappa shape index (κ3) is 3.90. The number of anilines is 1. The third-order valence-corrected chi connectivity index (χ3v) is 4.66. The third-order valence-electron chi connectivity index (χ3n) is 4.66. The molecule has 0 aliphatic rings. The molecule has 2 amide bonds. The number of hydrogen-bond donors (Lipinski definition) is 2. The molecule has 2 aromatic heterocycles. The van der Waals surface area contributed by atoms with Crippen molar-refractivity contribution < 1.29 is 9.90 Å². The highest BCUT2D eigenvalue weighted by Gasteiger charge is 2.19. The van der Waals surface area contributed by atoms with E-state index in [9.17, 15) is 9.90 Å². The first-order valence-corrected chi connectivity index (χ1v) is 8.79. The van der Waals surface area contributed by atoms with Crippen molar-refractivity contribution in [2.24, 2.45) is 7.05 Å². The van der Waals surface area contributed by atoms with Crippen molar-refractivity contribution in [3.05, 3.63) is 46.9 Å². The van der Waals surface area contributed by atoms with Gasteiger partial charge in [-0.1, -0.05) is 6.07 Å². The minimum atomic E-state index is -0.284. The van der Waals surface area contributed by atoms with Crippen molar-refractivity contribution in [3.8, 4) is 0 Å². The van der Waals surface area contributed by atoms with Crippen LogP contribution in [0.15, 0.2) is 24.3 Å². The fourth-order valence-corrected chi connectivity index (χ4v) is 3.08. The zero-order valence-corrected chi connectivity index (χ0v) is 16.0. The monoisotopic (exact) mass is 368 g/mol. The summed E-state index contributed by atoms with van der Waals surface area (Å²) in [5, 5.41) is 25.8. The number of fused-ring (bicyclic) bond motifs is 1. The van der Waals surface area contributed by atoms with Gasteiger partial charge in [0.2, 0.25) is 0 Å². The van der Waals surface area contributed by atoms with E-state index in [1.54, 1.807) is 9.58 Å². The molecule has 3 aromatic rings. The molecule has 2 N–H and O–H groups in total. The van der Waals surface area contributed by atoms with E-state index in [4.69, 9.17) is 0 Å². The number of rotatable bonds is 5. The maximum atomic E-state index is 12.9. The smallest absolute Gasteiger partial charge is 0.322 e. The maximum Gasteiger partial charge on any atom is 0.322 e. The first-order chi connectivity index (χ1) is 12.9. The summed E-state index contributed by atoms with van der Waals surface area (Å²) in [6, 6.07) is 7.12. The highest BCUT2D eigenvalue weighted by Crippen LogP contribution is 2.23. The summed E-state index contributed by atoms with van der Waals surface area (Å²) >= 11 is 0. The van der Waals surface area contributed by atoms with Gasteiger partial charge >= 0.3 is 6.03 Å². The van der Waals surface area contributed by atoms with Gasteiger partial charge in [0.1, 0.15) is 0 Å². The van der Waals surface area contributed by atoms with E-state index in [0.717, 1.165) is 28.0 Å². The molecule has 27 heavy (non-hydrogen) atoms. The molecule has 0 atom stereocenters. The van der Waals surface area contributed by atoms with E-state index in [1.807, 2.05) is 52.1 Å². The van der Waals surface area contributed by atoms with Gasteiger partial charge in [0.25, 0.3) is 0 Å². The van der Waals surface area contributed by atoms with Gasteiger partial charge in [-0.25, -0.2) is 4.79 Å². The average molecular weight is 368 g/mol. The number of carbonyl (C=O) groups is 1. The van der Waals surface area contributed by atoms with E-state index >= 15 is 0 Å². The Morgan fingerprint density at radius 3 is 2.70 bits per heavy atom. The van der Waals surface area contributed by atoms with Crippen LogP contribution >= 0.6 is 0 Å². The number of aromatic nitrogens is 4. The van der Waals surface area contributed by atoms with Crippen molar-refractivity contribution in [3.63, 3.8) is 0 Å². The lowest BCUT2D eigenvalue weighted by Crippen LogP contribution is -2.37. The number of aliphatic hydroxyl groups excluding tert-OH is 1. The molecular weight excluding hydrogens is 344 g/mol. The number of aryl methyl sites for hydroxylation is 3.